The molecular weight excluding hydrogens is 913 g/mol. The zero-order valence-electron chi connectivity index (χ0n) is 41.1. The molecule has 0 aliphatic heterocycles. The summed E-state index contributed by atoms with van der Waals surface area (Å²) in [7, 11) is 0. The van der Waals surface area contributed by atoms with Gasteiger partial charge in [-0.1, -0.05) is 193 Å². The number of rotatable bonds is 7. The van der Waals surface area contributed by atoms with E-state index in [1.165, 1.54) is 0 Å². The smallest absolute Gasteiger partial charge is 0.0477 e. The van der Waals surface area contributed by atoms with Gasteiger partial charge in [0.2, 0.25) is 0 Å². The molecule has 0 atom stereocenters. The first-order valence-electron chi connectivity index (χ1n) is 24.4. The number of hydrogen-bond donors (Lipinski definition) is 0. The van der Waals surface area contributed by atoms with Crippen molar-refractivity contribution < 1.29 is 0 Å². The van der Waals surface area contributed by atoms with Crippen LogP contribution >= 0.6 is 0 Å². The van der Waals surface area contributed by atoms with Crippen LogP contribution in [0.5, 0.6) is 0 Å². The summed E-state index contributed by atoms with van der Waals surface area (Å²) in [6.45, 7) is 0. The van der Waals surface area contributed by atoms with Gasteiger partial charge < -0.3 is 0 Å². The number of terminal acetylenes is 8. The average molecular weight is 953 g/mol. The van der Waals surface area contributed by atoms with Crippen LogP contribution in [-0.4, -0.2) is 0 Å². The van der Waals surface area contributed by atoms with Crippen LogP contribution in [0.2, 0.25) is 0 Å². The van der Waals surface area contributed by atoms with Gasteiger partial charge in [0, 0.05) is 44.5 Å². The highest BCUT2D eigenvalue weighted by molar-refractivity contribution is 6.24. The van der Waals surface area contributed by atoms with Crippen LogP contribution in [-0.2, 0) is 0 Å². The van der Waals surface area contributed by atoms with Gasteiger partial charge in [-0.2, -0.15) is 0 Å². The summed E-state index contributed by atoms with van der Waals surface area (Å²) >= 11 is 0. The van der Waals surface area contributed by atoms with Gasteiger partial charge in [0.05, 0.1) is 0 Å². The highest BCUT2D eigenvalue weighted by Crippen LogP contribution is 2.49. The molecular formula is C76H40. The lowest BCUT2D eigenvalue weighted by Gasteiger charge is -2.22. The molecule has 0 N–H and O–H groups in total. The van der Waals surface area contributed by atoms with Crippen molar-refractivity contribution in [3.8, 4) is 177 Å². The molecule has 0 radical (unpaired) electrons. The van der Waals surface area contributed by atoms with Crippen molar-refractivity contribution in [2.24, 2.45) is 0 Å². The molecule has 0 unspecified atom stereocenters. The highest BCUT2D eigenvalue weighted by Gasteiger charge is 2.24. The van der Waals surface area contributed by atoms with E-state index in [0.717, 1.165) is 110 Å². The molecule has 0 aliphatic carbocycles. The van der Waals surface area contributed by atoms with Gasteiger partial charge in [-0.05, 0) is 159 Å². The van der Waals surface area contributed by atoms with Crippen LogP contribution in [0.3, 0.4) is 0 Å². The maximum atomic E-state index is 6.39. The third-order valence-corrected chi connectivity index (χ3v) is 14.3. The first kappa shape index (κ1) is 47.0. The molecule has 0 heteroatoms. The Morgan fingerprint density at radius 3 is 1.11 bits per heavy atom. The second-order valence-electron chi connectivity index (χ2n) is 18.2. The number of benzene rings is 11. The fraction of sp³-hybridized carbons (Fsp3) is 0. The molecule has 0 aliphatic rings. The van der Waals surface area contributed by atoms with E-state index in [2.05, 4.69) is 175 Å². The first-order chi connectivity index (χ1) is 37.4. The van der Waals surface area contributed by atoms with Gasteiger partial charge in [0.25, 0.3) is 0 Å². The maximum absolute atomic E-state index is 6.39. The standard InChI is InChI=1S/C76H40/c1-9-49-41-42-56(45-53(49)13-5)74-67-34-19-21-36-69(67)76(70-37-22-20-35-68(70)74)71-44-43-62(65-32-17-18-33-66(65)71)54-30-23-31-55(46-54)75-72(63-39-25-28-51(11-3)59(63)15-7)47-57(61-38-24-27-50(10-2)58(61)14-6)48-73(75)64-40-26-29-52(12-4)60(64)16-8/h1-8,17-48H. The number of fused-ring (bicyclic) bond motifs is 3. The van der Waals surface area contributed by atoms with Gasteiger partial charge in [-0.25, -0.2) is 0 Å². The molecule has 11 aromatic carbocycles. The summed E-state index contributed by atoms with van der Waals surface area (Å²) in [5.74, 6) is 22.7. The highest BCUT2D eigenvalue weighted by atomic mass is 14.3. The molecule has 76 heavy (non-hydrogen) atoms. The van der Waals surface area contributed by atoms with E-state index in [1.807, 2.05) is 66.7 Å². The molecule has 0 saturated carbocycles. The molecule has 0 aromatic heterocycles. The van der Waals surface area contributed by atoms with Crippen LogP contribution in [0, 0.1) is 98.8 Å². The van der Waals surface area contributed by atoms with E-state index in [0.29, 0.717) is 44.5 Å². The molecule has 0 heterocycles. The van der Waals surface area contributed by atoms with Crippen molar-refractivity contribution in [1.29, 1.82) is 0 Å². The van der Waals surface area contributed by atoms with Crippen LogP contribution in [0.15, 0.2) is 194 Å². The van der Waals surface area contributed by atoms with Gasteiger partial charge in [0.1, 0.15) is 0 Å². The minimum absolute atomic E-state index is 0.573. The third-order valence-electron chi connectivity index (χ3n) is 14.3. The Morgan fingerprint density at radius 1 is 0.197 bits per heavy atom. The largest absolute Gasteiger partial charge is 0.115 e. The van der Waals surface area contributed by atoms with Crippen molar-refractivity contribution >= 4 is 32.3 Å². The van der Waals surface area contributed by atoms with Crippen molar-refractivity contribution in [2.75, 3.05) is 0 Å². The number of hydrogen-bond acceptors (Lipinski definition) is 0. The van der Waals surface area contributed by atoms with Crippen molar-refractivity contribution in [1.82, 2.24) is 0 Å². The second kappa shape index (κ2) is 19.7. The molecule has 0 nitrogen and oxygen atoms in total. The van der Waals surface area contributed by atoms with E-state index in [1.54, 1.807) is 0 Å². The van der Waals surface area contributed by atoms with Gasteiger partial charge in [0.15, 0.2) is 0 Å². The van der Waals surface area contributed by atoms with E-state index < -0.39 is 0 Å². The van der Waals surface area contributed by atoms with Gasteiger partial charge >= 0.3 is 0 Å². The minimum Gasteiger partial charge on any atom is -0.115 e. The van der Waals surface area contributed by atoms with Crippen molar-refractivity contribution in [3.63, 3.8) is 0 Å². The van der Waals surface area contributed by atoms with Crippen LogP contribution in [0.4, 0.5) is 0 Å². The summed E-state index contributed by atoms with van der Waals surface area (Å²) in [5.41, 5.74) is 17.7. The van der Waals surface area contributed by atoms with E-state index >= 15 is 0 Å². The monoisotopic (exact) mass is 952 g/mol. The second-order valence-corrected chi connectivity index (χ2v) is 18.2. The summed E-state index contributed by atoms with van der Waals surface area (Å²) in [6.07, 6.45) is 49.2. The zero-order valence-corrected chi connectivity index (χ0v) is 41.1. The zero-order chi connectivity index (χ0) is 52.5. The quantitative estimate of drug-likeness (QED) is 0.110. The van der Waals surface area contributed by atoms with E-state index in [9.17, 15) is 0 Å². The lowest BCUT2D eigenvalue weighted by atomic mass is 9.80. The average Bonchev–Trinajstić information content (AvgIpc) is 3.58. The molecule has 11 rings (SSSR count). The molecule has 11 aromatic rings. The SMILES string of the molecule is C#Cc1ccc(-c2c3ccccc3c(-c3ccc(-c4cccc(-c5c(-c6cccc(C#C)c6C#C)cc(-c6cccc(C#C)c6C#C)cc5-c5cccc(C#C)c5C#C)c4)c4ccccc34)c3ccccc23)cc1C#C. The topological polar surface area (TPSA) is 0 Å². The van der Waals surface area contributed by atoms with Gasteiger partial charge in [-0.15, -0.1) is 51.4 Å². The fourth-order valence-electron chi connectivity index (χ4n) is 11.0. The maximum Gasteiger partial charge on any atom is 0.0477 e. The molecule has 0 bridgehead atoms. The summed E-state index contributed by atoms with van der Waals surface area (Å²) in [5, 5.41) is 6.61. The van der Waals surface area contributed by atoms with E-state index in [4.69, 9.17) is 51.4 Å². The Balaban J connectivity index is 1.19. The fourth-order valence-corrected chi connectivity index (χ4v) is 11.0. The van der Waals surface area contributed by atoms with Crippen LogP contribution < -0.4 is 0 Å². The lowest BCUT2D eigenvalue weighted by molar-refractivity contribution is 1.49. The Hall–Kier alpha value is -11.3. The predicted octanol–water partition coefficient (Wildman–Crippen LogP) is 16.7. The van der Waals surface area contributed by atoms with Crippen molar-refractivity contribution in [3.05, 3.63) is 239 Å². The van der Waals surface area contributed by atoms with Crippen molar-refractivity contribution in [2.45, 2.75) is 0 Å². The first-order valence-corrected chi connectivity index (χ1v) is 24.4. The molecule has 0 saturated heterocycles. The normalized spacial score (nSPS) is 10.5. The van der Waals surface area contributed by atoms with E-state index in [-0.39, 0.29) is 0 Å². The summed E-state index contributed by atoms with van der Waals surface area (Å²) in [4.78, 5) is 0. The predicted molar refractivity (Wildman–Crippen MR) is 320 cm³/mol. The molecule has 0 spiro atoms. The summed E-state index contributed by atoms with van der Waals surface area (Å²) in [6, 6.07) is 66.4. The Kier molecular flexibility index (Phi) is 12.2. The van der Waals surface area contributed by atoms with Gasteiger partial charge in [-0.3, -0.25) is 0 Å². The lowest BCUT2D eigenvalue weighted by Crippen LogP contribution is -1.99. The molecule has 0 amide bonds. The van der Waals surface area contributed by atoms with Crippen LogP contribution in [0.25, 0.3) is 110 Å². The Labute approximate surface area is 445 Å². The molecule has 0 fully saturated rings. The Morgan fingerprint density at radius 2 is 0.605 bits per heavy atom. The third kappa shape index (κ3) is 7.73. The molecule has 344 valence electrons. The van der Waals surface area contributed by atoms with Crippen LogP contribution in [0.1, 0.15) is 44.5 Å². The minimum atomic E-state index is 0.573. The summed E-state index contributed by atoms with van der Waals surface area (Å²) < 4.78 is 0. The Bertz CT molecular complexity index is 4510.